The van der Waals surface area contributed by atoms with Crippen molar-refractivity contribution in [2.24, 2.45) is 0 Å². The van der Waals surface area contributed by atoms with Crippen molar-refractivity contribution in [3.8, 4) is 0 Å². The van der Waals surface area contributed by atoms with Gasteiger partial charge in [0.2, 0.25) is 10.0 Å². The van der Waals surface area contributed by atoms with Gasteiger partial charge < -0.3 is 10.6 Å². The summed E-state index contributed by atoms with van der Waals surface area (Å²) in [7, 11) is -3.38. The highest BCUT2D eigenvalue weighted by atomic mass is 32.2. The largest absolute Gasteiger partial charge is 0.358 e. The standard InChI is InChI=1S/C17H20N4O2S2/c22-25(23,21-10-1-2-11-21)16-7-5-15(6-8-16)20-17(24)19-13-14-4-3-9-18-12-14/h3-9,12H,1-2,10-11,13H2,(H2,19,20,24). The van der Waals surface area contributed by atoms with E-state index in [2.05, 4.69) is 15.6 Å². The Morgan fingerprint density at radius 2 is 1.88 bits per heavy atom. The van der Waals surface area contributed by atoms with Crippen molar-refractivity contribution < 1.29 is 8.42 Å². The van der Waals surface area contributed by atoms with E-state index < -0.39 is 10.0 Å². The molecule has 0 aliphatic carbocycles. The SMILES string of the molecule is O=S(=O)(c1ccc(NC(=S)NCc2cccnc2)cc1)N1CCCC1. The van der Waals surface area contributed by atoms with E-state index in [0.717, 1.165) is 24.1 Å². The van der Waals surface area contributed by atoms with E-state index in [0.29, 0.717) is 29.6 Å². The summed E-state index contributed by atoms with van der Waals surface area (Å²) in [5, 5.41) is 6.61. The van der Waals surface area contributed by atoms with Crippen LogP contribution in [0.2, 0.25) is 0 Å². The van der Waals surface area contributed by atoms with Crippen molar-refractivity contribution in [3.05, 3.63) is 54.4 Å². The van der Waals surface area contributed by atoms with Crippen LogP contribution in [-0.4, -0.2) is 35.9 Å². The number of nitrogens with zero attached hydrogens (tertiary/aromatic N) is 2. The van der Waals surface area contributed by atoms with E-state index >= 15 is 0 Å². The molecule has 2 N–H and O–H groups in total. The van der Waals surface area contributed by atoms with E-state index in [1.807, 2.05) is 12.1 Å². The van der Waals surface area contributed by atoms with Crippen LogP contribution >= 0.6 is 12.2 Å². The minimum Gasteiger partial charge on any atom is -0.358 e. The molecular weight excluding hydrogens is 356 g/mol. The van der Waals surface area contributed by atoms with Gasteiger partial charge in [-0.3, -0.25) is 4.98 Å². The molecule has 0 spiro atoms. The molecule has 3 rings (SSSR count). The van der Waals surface area contributed by atoms with Gasteiger partial charge in [0, 0.05) is 37.7 Å². The third-order valence-electron chi connectivity index (χ3n) is 3.99. The summed E-state index contributed by atoms with van der Waals surface area (Å²) in [5.41, 5.74) is 1.77. The fourth-order valence-electron chi connectivity index (χ4n) is 2.65. The third-order valence-corrected chi connectivity index (χ3v) is 6.15. The predicted octanol–water partition coefficient (Wildman–Crippen LogP) is 2.35. The van der Waals surface area contributed by atoms with Gasteiger partial charge >= 0.3 is 0 Å². The molecule has 1 aromatic heterocycles. The van der Waals surface area contributed by atoms with E-state index in [1.54, 1.807) is 36.7 Å². The van der Waals surface area contributed by atoms with Crippen LogP contribution < -0.4 is 10.6 Å². The Morgan fingerprint density at radius 3 is 2.52 bits per heavy atom. The zero-order valence-electron chi connectivity index (χ0n) is 13.7. The van der Waals surface area contributed by atoms with E-state index in [1.165, 1.54) is 4.31 Å². The zero-order valence-corrected chi connectivity index (χ0v) is 15.3. The molecule has 1 aliphatic heterocycles. The zero-order chi connectivity index (χ0) is 17.7. The Balaban J connectivity index is 1.58. The van der Waals surface area contributed by atoms with Gasteiger partial charge in [-0.05, 0) is 61.0 Å². The lowest BCUT2D eigenvalue weighted by Crippen LogP contribution is -2.28. The third kappa shape index (κ3) is 4.53. The number of hydrogen-bond donors (Lipinski definition) is 2. The topological polar surface area (TPSA) is 74.3 Å². The van der Waals surface area contributed by atoms with E-state index in [9.17, 15) is 8.42 Å². The van der Waals surface area contributed by atoms with Gasteiger partial charge in [-0.2, -0.15) is 4.31 Å². The Kier molecular flexibility index (Phi) is 5.62. The smallest absolute Gasteiger partial charge is 0.243 e. The number of anilines is 1. The number of thiocarbonyl (C=S) groups is 1. The molecule has 1 saturated heterocycles. The normalized spacial score (nSPS) is 15.0. The molecule has 0 radical (unpaired) electrons. The van der Waals surface area contributed by atoms with Crippen LogP contribution in [0.3, 0.4) is 0 Å². The van der Waals surface area contributed by atoms with Crippen LogP contribution in [0, 0.1) is 0 Å². The maximum atomic E-state index is 12.5. The molecule has 1 aliphatic rings. The van der Waals surface area contributed by atoms with Crippen molar-refractivity contribution in [1.82, 2.24) is 14.6 Å². The quantitative estimate of drug-likeness (QED) is 0.781. The second-order valence-electron chi connectivity index (χ2n) is 5.80. The molecule has 0 unspecified atom stereocenters. The fourth-order valence-corrected chi connectivity index (χ4v) is 4.36. The highest BCUT2D eigenvalue weighted by Gasteiger charge is 2.26. The minimum absolute atomic E-state index is 0.314. The summed E-state index contributed by atoms with van der Waals surface area (Å²) in [6.07, 6.45) is 5.34. The minimum atomic E-state index is -3.38. The lowest BCUT2D eigenvalue weighted by atomic mass is 10.3. The number of sulfonamides is 1. The average Bonchev–Trinajstić information content (AvgIpc) is 3.17. The molecule has 2 heterocycles. The number of rotatable bonds is 5. The molecule has 6 nitrogen and oxygen atoms in total. The van der Waals surface area contributed by atoms with Gasteiger partial charge in [0.1, 0.15) is 0 Å². The average molecular weight is 377 g/mol. The summed E-state index contributed by atoms with van der Waals surface area (Å²) < 4.78 is 26.5. The van der Waals surface area contributed by atoms with Crippen LogP contribution in [0.4, 0.5) is 5.69 Å². The van der Waals surface area contributed by atoms with Gasteiger partial charge in [-0.15, -0.1) is 0 Å². The summed E-state index contributed by atoms with van der Waals surface area (Å²) >= 11 is 5.26. The Bertz CT molecular complexity index is 817. The second-order valence-corrected chi connectivity index (χ2v) is 8.15. The van der Waals surface area contributed by atoms with Crippen molar-refractivity contribution >= 4 is 33.0 Å². The first kappa shape index (κ1) is 17.8. The van der Waals surface area contributed by atoms with Gasteiger partial charge in [0.15, 0.2) is 5.11 Å². The first-order valence-corrected chi connectivity index (χ1v) is 9.94. The lowest BCUT2D eigenvalue weighted by molar-refractivity contribution is 0.477. The molecule has 2 aromatic rings. The molecule has 132 valence electrons. The maximum Gasteiger partial charge on any atom is 0.243 e. The molecular formula is C17H20N4O2S2. The molecule has 0 bridgehead atoms. The highest BCUT2D eigenvalue weighted by molar-refractivity contribution is 7.89. The van der Waals surface area contributed by atoms with Crippen LogP contribution in [-0.2, 0) is 16.6 Å². The number of benzene rings is 1. The summed E-state index contributed by atoms with van der Waals surface area (Å²) in [5.74, 6) is 0. The summed E-state index contributed by atoms with van der Waals surface area (Å²) in [6.45, 7) is 1.77. The maximum absolute atomic E-state index is 12.5. The lowest BCUT2D eigenvalue weighted by Gasteiger charge is -2.16. The Hall–Kier alpha value is -2.03. The first-order chi connectivity index (χ1) is 12.1. The van der Waals surface area contributed by atoms with Crippen LogP contribution in [0.15, 0.2) is 53.7 Å². The monoisotopic (exact) mass is 376 g/mol. The number of hydrogen-bond acceptors (Lipinski definition) is 4. The molecule has 25 heavy (non-hydrogen) atoms. The van der Waals surface area contributed by atoms with Crippen molar-refractivity contribution in [3.63, 3.8) is 0 Å². The molecule has 0 saturated carbocycles. The highest BCUT2D eigenvalue weighted by Crippen LogP contribution is 2.22. The number of aromatic nitrogens is 1. The molecule has 0 amide bonds. The van der Waals surface area contributed by atoms with Gasteiger partial charge in [-0.1, -0.05) is 6.07 Å². The van der Waals surface area contributed by atoms with E-state index in [4.69, 9.17) is 12.2 Å². The number of pyridine rings is 1. The van der Waals surface area contributed by atoms with Gasteiger partial charge in [0.05, 0.1) is 4.90 Å². The van der Waals surface area contributed by atoms with Gasteiger partial charge in [-0.25, -0.2) is 8.42 Å². The molecule has 1 aromatic carbocycles. The fraction of sp³-hybridized carbons (Fsp3) is 0.294. The van der Waals surface area contributed by atoms with Crippen LogP contribution in [0.5, 0.6) is 0 Å². The van der Waals surface area contributed by atoms with Crippen molar-refractivity contribution in [2.75, 3.05) is 18.4 Å². The van der Waals surface area contributed by atoms with Crippen LogP contribution in [0.25, 0.3) is 0 Å². The molecule has 8 heteroatoms. The van der Waals surface area contributed by atoms with Crippen LogP contribution in [0.1, 0.15) is 18.4 Å². The Labute approximate surface area is 153 Å². The Morgan fingerprint density at radius 1 is 1.16 bits per heavy atom. The summed E-state index contributed by atoms with van der Waals surface area (Å²) in [4.78, 5) is 4.36. The number of nitrogens with one attached hydrogen (secondary N) is 2. The predicted molar refractivity (Wildman–Crippen MR) is 102 cm³/mol. The van der Waals surface area contributed by atoms with Crippen molar-refractivity contribution in [2.45, 2.75) is 24.3 Å². The van der Waals surface area contributed by atoms with Crippen molar-refractivity contribution in [1.29, 1.82) is 0 Å². The summed E-state index contributed by atoms with van der Waals surface area (Å²) in [6, 6.07) is 10.5. The molecule has 0 atom stereocenters. The molecule has 1 fully saturated rings. The second kappa shape index (κ2) is 7.90. The first-order valence-electron chi connectivity index (χ1n) is 8.10. The van der Waals surface area contributed by atoms with Gasteiger partial charge in [0.25, 0.3) is 0 Å². The van der Waals surface area contributed by atoms with E-state index in [-0.39, 0.29) is 0 Å².